The maximum atomic E-state index is 13.1. The number of aryl methyl sites for hydroxylation is 1. The Bertz CT molecular complexity index is 1130. The molecule has 0 bridgehead atoms. The van der Waals surface area contributed by atoms with Crippen LogP contribution in [0.2, 0.25) is 0 Å². The third-order valence-electron chi connectivity index (χ3n) is 4.31. The maximum Gasteiger partial charge on any atom is 0.358 e. The summed E-state index contributed by atoms with van der Waals surface area (Å²) in [5, 5.41) is 6.76. The summed E-state index contributed by atoms with van der Waals surface area (Å²) in [6.07, 6.45) is 0.921. The van der Waals surface area contributed by atoms with Crippen molar-refractivity contribution < 1.29 is 27.9 Å². The van der Waals surface area contributed by atoms with Crippen molar-refractivity contribution in [3.8, 4) is 10.6 Å². The van der Waals surface area contributed by atoms with Gasteiger partial charge < -0.3 is 15.4 Å². The van der Waals surface area contributed by atoms with E-state index in [1.807, 2.05) is 24.3 Å². The Morgan fingerprint density at radius 2 is 1.78 bits per heavy atom. The lowest BCUT2D eigenvalue weighted by molar-refractivity contribution is -0.126. The van der Waals surface area contributed by atoms with E-state index < -0.39 is 42.6 Å². The van der Waals surface area contributed by atoms with Gasteiger partial charge in [-0.3, -0.25) is 9.59 Å². The molecule has 0 aliphatic carbocycles. The minimum absolute atomic E-state index is 0.0400. The fraction of sp³-hybridized carbons (Fsp3) is 0.182. The third kappa shape index (κ3) is 6.17. The predicted molar refractivity (Wildman–Crippen MR) is 115 cm³/mol. The van der Waals surface area contributed by atoms with E-state index in [2.05, 4.69) is 22.5 Å². The zero-order valence-corrected chi connectivity index (χ0v) is 17.8. The fourth-order valence-corrected chi connectivity index (χ4v) is 3.39. The highest BCUT2D eigenvalue weighted by molar-refractivity contribution is 7.13. The third-order valence-corrected chi connectivity index (χ3v) is 5.20. The lowest BCUT2D eigenvalue weighted by Gasteiger charge is -2.07. The summed E-state index contributed by atoms with van der Waals surface area (Å²) in [7, 11) is 0. The van der Waals surface area contributed by atoms with Crippen LogP contribution in [0, 0.1) is 11.6 Å². The number of hydrogen-bond acceptors (Lipinski definition) is 6. The number of esters is 1. The summed E-state index contributed by atoms with van der Waals surface area (Å²) in [4.78, 5) is 40.0. The molecule has 0 fully saturated rings. The van der Waals surface area contributed by atoms with Gasteiger partial charge >= 0.3 is 5.97 Å². The van der Waals surface area contributed by atoms with E-state index in [0.717, 1.165) is 24.1 Å². The number of carbonyl (C=O) groups excluding carboxylic acids is 3. The molecule has 1 aromatic heterocycles. The van der Waals surface area contributed by atoms with E-state index in [9.17, 15) is 23.2 Å². The smallest absolute Gasteiger partial charge is 0.358 e. The Balaban J connectivity index is 1.44. The molecule has 0 saturated carbocycles. The van der Waals surface area contributed by atoms with E-state index in [0.29, 0.717) is 5.01 Å². The van der Waals surface area contributed by atoms with Gasteiger partial charge in [-0.15, -0.1) is 11.3 Å². The lowest BCUT2D eigenvalue weighted by atomic mass is 10.1. The molecule has 32 heavy (non-hydrogen) atoms. The van der Waals surface area contributed by atoms with Crippen molar-refractivity contribution in [2.24, 2.45) is 0 Å². The number of aromatic nitrogens is 1. The Kier molecular flexibility index (Phi) is 7.61. The average molecular weight is 459 g/mol. The number of nitrogens with one attached hydrogen (secondary N) is 2. The molecular formula is C22H19F2N3O4S. The van der Waals surface area contributed by atoms with Crippen LogP contribution in [-0.4, -0.2) is 35.9 Å². The summed E-state index contributed by atoms with van der Waals surface area (Å²) in [5.41, 5.74) is 2.18. The normalized spacial score (nSPS) is 10.5. The number of thiazole rings is 1. The summed E-state index contributed by atoms with van der Waals surface area (Å²) in [6, 6.07) is 10.7. The van der Waals surface area contributed by atoms with Crippen molar-refractivity contribution in [2.45, 2.75) is 13.3 Å². The first-order valence-electron chi connectivity index (χ1n) is 9.59. The Labute approximate surface area is 186 Å². The number of benzene rings is 2. The van der Waals surface area contributed by atoms with Crippen LogP contribution >= 0.6 is 11.3 Å². The summed E-state index contributed by atoms with van der Waals surface area (Å²) < 4.78 is 31.0. The molecule has 0 aliphatic heterocycles. The zero-order valence-electron chi connectivity index (χ0n) is 17.0. The monoisotopic (exact) mass is 459 g/mol. The molecule has 0 aliphatic rings. The van der Waals surface area contributed by atoms with Crippen LogP contribution in [0.3, 0.4) is 0 Å². The van der Waals surface area contributed by atoms with E-state index >= 15 is 0 Å². The van der Waals surface area contributed by atoms with Crippen LogP contribution in [0.1, 0.15) is 23.0 Å². The molecule has 166 valence electrons. The van der Waals surface area contributed by atoms with E-state index in [1.54, 1.807) is 5.38 Å². The quantitative estimate of drug-likeness (QED) is 0.502. The van der Waals surface area contributed by atoms with Crippen molar-refractivity contribution in [1.82, 2.24) is 10.3 Å². The highest BCUT2D eigenvalue weighted by Crippen LogP contribution is 2.24. The number of ether oxygens (including phenoxy) is 1. The van der Waals surface area contributed by atoms with Crippen molar-refractivity contribution in [3.63, 3.8) is 0 Å². The summed E-state index contributed by atoms with van der Waals surface area (Å²) in [5.74, 6) is -4.28. The van der Waals surface area contributed by atoms with Gasteiger partial charge in [-0.1, -0.05) is 31.2 Å². The molecule has 3 aromatic rings. The minimum Gasteiger partial charge on any atom is -0.451 e. The summed E-state index contributed by atoms with van der Waals surface area (Å²) >= 11 is 1.28. The SMILES string of the molecule is CCc1ccc(-c2nc(C(=O)OCC(=O)NCC(=O)Nc3ccc(F)c(F)c3)cs2)cc1. The van der Waals surface area contributed by atoms with Crippen LogP contribution in [0.4, 0.5) is 14.5 Å². The second-order valence-electron chi connectivity index (χ2n) is 6.62. The number of rotatable bonds is 8. The number of carbonyl (C=O) groups is 3. The zero-order chi connectivity index (χ0) is 23.1. The molecule has 0 atom stereocenters. The van der Waals surface area contributed by atoms with E-state index in [4.69, 9.17) is 4.74 Å². The van der Waals surface area contributed by atoms with Gasteiger partial charge in [-0.25, -0.2) is 18.6 Å². The number of amides is 2. The molecule has 2 amide bonds. The van der Waals surface area contributed by atoms with Crippen LogP contribution < -0.4 is 10.6 Å². The molecule has 0 spiro atoms. The van der Waals surface area contributed by atoms with Crippen molar-refractivity contribution in [2.75, 3.05) is 18.5 Å². The Morgan fingerprint density at radius 1 is 1.03 bits per heavy atom. The van der Waals surface area contributed by atoms with Crippen molar-refractivity contribution >= 4 is 34.8 Å². The van der Waals surface area contributed by atoms with Crippen molar-refractivity contribution in [1.29, 1.82) is 0 Å². The van der Waals surface area contributed by atoms with Gasteiger partial charge in [0.05, 0.1) is 6.54 Å². The highest BCUT2D eigenvalue weighted by atomic mass is 32.1. The van der Waals surface area contributed by atoms with Crippen LogP contribution in [0.15, 0.2) is 47.8 Å². The first-order valence-corrected chi connectivity index (χ1v) is 10.5. The molecular weight excluding hydrogens is 440 g/mol. The number of anilines is 1. The maximum absolute atomic E-state index is 13.1. The highest BCUT2D eigenvalue weighted by Gasteiger charge is 2.15. The number of nitrogens with zero attached hydrogens (tertiary/aromatic N) is 1. The molecule has 2 N–H and O–H groups in total. The minimum atomic E-state index is -1.11. The lowest BCUT2D eigenvalue weighted by Crippen LogP contribution is -2.35. The van der Waals surface area contributed by atoms with Gasteiger partial charge in [0.25, 0.3) is 5.91 Å². The van der Waals surface area contributed by atoms with Crippen molar-refractivity contribution in [3.05, 3.63) is 70.7 Å². The topological polar surface area (TPSA) is 97.4 Å². The van der Waals surface area contributed by atoms with E-state index in [1.165, 1.54) is 23.0 Å². The molecule has 0 unspecified atom stereocenters. The molecule has 0 saturated heterocycles. The van der Waals surface area contributed by atoms with Crippen LogP contribution in [-0.2, 0) is 20.7 Å². The number of halogens is 2. The molecule has 2 aromatic carbocycles. The second-order valence-corrected chi connectivity index (χ2v) is 7.48. The van der Waals surface area contributed by atoms with Gasteiger partial charge in [0.1, 0.15) is 5.01 Å². The van der Waals surface area contributed by atoms with Gasteiger partial charge in [0, 0.05) is 22.7 Å². The fourth-order valence-electron chi connectivity index (χ4n) is 2.60. The van der Waals surface area contributed by atoms with Gasteiger partial charge in [-0.05, 0) is 24.1 Å². The second kappa shape index (κ2) is 10.6. The Morgan fingerprint density at radius 3 is 2.47 bits per heavy atom. The molecule has 7 nitrogen and oxygen atoms in total. The van der Waals surface area contributed by atoms with Gasteiger partial charge in [0.2, 0.25) is 5.91 Å². The van der Waals surface area contributed by atoms with Gasteiger partial charge in [-0.2, -0.15) is 0 Å². The largest absolute Gasteiger partial charge is 0.451 e. The molecule has 3 rings (SSSR count). The first-order chi connectivity index (χ1) is 15.4. The Hall–Kier alpha value is -3.66. The van der Waals surface area contributed by atoms with Crippen LogP contribution in [0.5, 0.6) is 0 Å². The number of hydrogen-bond donors (Lipinski definition) is 2. The van der Waals surface area contributed by atoms with Crippen LogP contribution in [0.25, 0.3) is 10.6 Å². The molecule has 0 radical (unpaired) electrons. The average Bonchev–Trinajstić information content (AvgIpc) is 3.29. The molecule has 10 heteroatoms. The first kappa shape index (κ1) is 23.0. The van der Waals surface area contributed by atoms with Gasteiger partial charge in [0.15, 0.2) is 23.9 Å². The molecule has 1 heterocycles. The standard InChI is InChI=1S/C22H19F2N3O4S/c1-2-13-3-5-14(6-4-13)21-27-18(12-32-21)22(30)31-11-20(29)25-10-19(28)26-15-7-8-16(23)17(24)9-15/h3-9,12H,2,10-11H2,1H3,(H,25,29)(H,26,28). The predicted octanol–water partition coefficient (Wildman–Crippen LogP) is 3.56. The van der Waals surface area contributed by atoms with E-state index in [-0.39, 0.29) is 11.4 Å². The summed E-state index contributed by atoms with van der Waals surface area (Å²) in [6.45, 7) is 1.01.